The average Bonchev–Trinajstić information content (AvgIpc) is 2.99. The number of piperidine rings is 1. The van der Waals surface area contributed by atoms with Crippen LogP contribution in [0.4, 0.5) is 5.13 Å². The fourth-order valence-corrected chi connectivity index (χ4v) is 4.03. The molecule has 2 aliphatic rings. The van der Waals surface area contributed by atoms with E-state index in [1.54, 1.807) is 0 Å². The second-order valence-corrected chi connectivity index (χ2v) is 7.08. The number of nitrogens with two attached hydrogens (primary N) is 1. The minimum Gasteiger partial charge on any atom is -0.346 e. The summed E-state index contributed by atoms with van der Waals surface area (Å²) in [4.78, 5) is 11.1. The van der Waals surface area contributed by atoms with Gasteiger partial charge in [-0.15, -0.1) is 11.3 Å². The van der Waals surface area contributed by atoms with Crippen molar-refractivity contribution in [1.82, 2.24) is 9.88 Å². The first kappa shape index (κ1) is 13.3. The summed E-state index contributed by atoms with van der Waals surface area (Å²) < 4.78 is 0. The van der Waals surface area contributed by atoms with Gasteiger partial charge in [-0.1, -0.05) is 0 Å². The van der Waals surface area contributed by atoms with Gasteiger partial charge in [0.2, 0.25) is 0 Å². The molecule has 0 bridgehead atoms. The number of rotatable bonds is 2. The minimum absolute atomic E-state index is 0.429. The smallest absolute Gasteiger partial charge is 0.185 e. The van der Waals surface area contributed by atoms with Crippen LogP contribution < -0.4 is 10.6 Å². The molecule has 0 aliphatic carbocycles. The highest BCUT2D eigenvalue weighted by atomic mass is 32.1. The maximum absolute atomic E-state index is 5.99. The van der Waals surface area contributed by atoms with E-state index in [1.165, 1.54) is 35.2 Å². The molecule has 2 N–H and O–H groups in total. The van der Waals surface area contributed by atoms with Gasteiger partial charge in [0.05, 0.1) is 5.69 Å². The van der Waals surface area contributed by atoms with E-state index in [2.05, 4.69) is 28.6 Å². The fraction of sp³-hybridized carbons (Fsp3) is 0.786. The molecule has 3 rings (SSSR count). The monoisotopic (exact) mass is 280 g/mol. The zero-order valence-electron chi connectivity index (χ0n) is 11.9. The number of hydrogen-bond acceptors (Lipinski definition) is 5. The molecular formula is C14H24N4S. The molecule has 0 amide bonds. The number of anilines is 1. The van der Waals surface area contributed by atoms with E-state index in [1.807, 2.05) is 11.3 Å². The lowest BCUT2D eigenvalue weighted by Crippen LogP contribution is -2.46. The SMILES string of the molecule is Cc1nc(N2CCC(N3CCC(N)CC3)C2)sc1C. The molecule has 106 valence electrons. The summed E-state index contributed by atoms with van der Waals surface area (Å²) in [6, 6.07) is 1.13. The van der Waals surface area contributed by atoms with Crippen LogP contribution in [0.25, 0.3) is 0 Å². The van der Waals surface area contributed by atoms with Gasteiger partial charge in [0, 0.05) is 30.1 Å². The van der Waals surface area contributed by atoms with Crippen LogP contribution in [0.3, 0.4) is 0 Å². The second kappa shape index (κ2) is 5.38. The number of nitrogens with zero attached hydrogens (tertiary/aromatic N) is 3. The quantitative estimate of drug-likeness (QED) is 0.896. The molecule has 3 heterocycles. The van der Waals surface area contributed by atoms with Gasteiger partial charge in [-0.3, -0.25) is 4.90 Å². The summed E-state index contributed by atoms with van der Waals surface area (Å²) in [6.07, 6.45) is 3.59. The summed E-state index contributed by atoms with van der Waals surface area (Å²) in [7, 11) is 0. The van der Waals surface area contributed by atoms with Crippen LogP contribution in [0.2, 0.25) is 0 Å². The van der Waals surface area contributed by atoms with Crippen molar-refractivity contribution in [2.24, 2.45) is 5.73 Å². The standard InChI is InChI=1S/C14H24N4S/c1-10-11(2)19-14(16-10)18-8-5-13(9-18)17-6-3-12(15)4-7-17/h12-13H,3-9,15H2,1-2H3. The van der Waals surface area contributed by atoms with Crippen molar-refractivity contribution in [2.45, 2.75) is 45.2 Å². The molecule has 2 aliphatic heterocycles. The molecule has 0 aromatic carbocycles. The number of thiazole rings is 1. The normalized spacial score (nSPS) is 26.3. The van der Waals surface area contributed by atoms with Crippen molar-refractivity contribution in [3.63, 3.8) is 0 Å². The third-order valence-corrected chi connectivity index (χ3v) is 5.68. The van der Waals surface area contributed by atoms with E-state index < -0.39 is 0 Å². The Morgan fingerprint density at radius 1 is 1.16 bits per heavy atom. The predicted molar refractivity (Wildman–Crippen MR) is 81.0 cm³/mol. The highest BCUT2D eigenvalue weighted by molar-refractivity contribution is 7.15. The van der Waals surface area contributed by atoms with Crippen LogP contribution >= 0.6 is 11.3 Å². The van der Waals surface area contributed by atoms with E-state index in [0.29, 0.717) is 12.1 Å². The fourth-order valence-electron chi connectivity index (χ4n) is 3.09. The maximum atomic E-state index is 5.99. The first-order chi connectivity index (χ1) is 9.13. The predicted octanol–water partition coefficient (Wildman–Crippen LogP) is 1.76. The zero-order chi connectivity index (χ0) is 13.4. The molecule has 0 radical (unpaired) electrons. The molecule has 19 heavy (non-hydrogen) atoms. The molecule has 0 saturated carbocycles. The summed E-state index contributed by atoms with van der Waals surface area (Å²) in [5.41, 5.74) is 7.18. The lowest BCUT2D eigenvalue weighted by Gasteiger charge is -2.34. The van der Waals surface area contributed by atoms with Gasteiger partial charge in [-0.25, -0.2) is 4.98 Å². The van der Waals surface area contributed by atoms with Crippen LogP contribution in [0, 0.1) is 13.8 Å². The van der Waals surface area contributed by atoms with Crippen molar-refractivity contribution < 1.29 is 0 Å². The molecule has 1 aromatic heterocycles. The van der Waals surface area contributed by atoms with Gasteiger partial charge in [0.25, 0.3) is 0 Å². The molecule has 2 saturated heterocycles. The highest BCUT2D eigenvalue weighted by Crippen LogP contribution is 2.29. The Labute approximate surface area is 119 Å². The summed E-state index contributed by atoms with van der Waals surface area (Å²) in [5.74, 6) is 0. The molecule has 1 atom stereocenters. The largest absolute Gasteiger partial charge is 0.346 e. The molecule has 0 spiro atoms. The lowest BCUT2D eigenvalue weighted by atomic mass is 10.0. The van der Waals surface area contributed by atoms with Crippen LogP contribution in [-0.2, 0) is 0 Å². The maximum Gasteiger partial charge on any atom is 0.185 e. The molecule has 1 aromatic rings. The summed E-state index contributed by atoms with van der Waals surface area (Å²) >= 11 is 1.84. The Hall–Kier alpha value is -0.650. The van der Waals surface area contributed by atoms with Crippen LogP contribution in [0.15, 0.2) is 0 Å². The van der Waals surface area contributed by atoms with Gasteiger partial charge < -0.3 is 10.6 Å². The first-order valence-corrected chi connectivity index (χ1v) is 8.14. The van der Waals surface area contributed by atoms with Crippen molar-refractivity contribution in [3.8, 4) is 0 Å². The number of aryl methyl sites for hydroxylation is 2. The third kappa shape index (κ3) is 2.78. The lowest BCUT2D eigenvalue weighted by molar-refractivity contribution is 0.163. The first-order valence-electron chi connectivity index (χ1n) is 7.32. The van der Waals surface area contributed by atoms with Gasteiger partial charge in [-0.2, -0.15) is 0 Å². The van der Waals surface area contributed by atoms with Crippen LogP contribution in [0.1, 0.15) is 29.8 Å². The van der Waals surface area contributed by atoms with Gasteiger partial charge in [0.15, 0.2) is 5.13 Å². The van der Waals surface area contributed by atoms with Crippen molar-refractivity contribution >= 4 is 16.5 Å². The van der Waals surface area contributed by atoms with Crippen LogP contribution in [0.5, 0.6) is 0 Å². The zero-order valence-corrected chi connectivity index (χ0v) is 12.7. The number of likely N-dealkylation sites (tertiary alicyclic amines) is 1. The molecule has 4 nitrogen and oxygen atoms in total. The molecule has 5 heteroatoms. The van der Waals surface area contributed by atoms with Crippen molar-refractivity contribution in [3.05, 3.63) is 10.6 Å². The Kier molecular flexibility index (Phi) is 3.78. The van der Waals surface area contributed by atoms with Gasteiger partial charge in [0.1, 0.15) is 0 Å². The van der Waals surface area contributed by atoms with Crippen molar-refractivity contribution in [1.29, 1.82) is 0 Å². The topological polar surface area (TPSA) is 45.4 Å². The van der Waals surface area contributed by atoms with E-state index in [9.17, 15) is 0 Å². The van der Waals surface area contributed by atoms with Gasteiger partial charge in [-0.05, 0) is 46.2 Å². The Morgan fingerprint density at radius 2 is 1.89 bits per heavy atom. The molecule has 1 unspecified atom stereocenters. The molecule has 2 fully saturated rings. The Balaban J connectivity index is 1.61. The van der Waals surface area contributed by atoms with E-state index >= 15 is 0 Å². The highest BCUT2D eigenvalue weighted by Gasteiger charge is 2.31. The summed E-state index contributed by atoms with van der Waals surface area (Å²) in [6.45, 7) is 8.91. The summed E-state index contributed by atoms with van der Waals surface area (Å²) in [5, 5.41) is 1.21. The Bertz CT molecular complexity index is 417. The Morgan fingerprint density at radius 3 is 2.53 bits per heavy atom. The van der Waals surface area contributed by atoms with E-state index in [4.69, 9.17) is 5.73 Å². The number of hydrogen-bond donors (Lipinski definition) is 1. The average molecular weight is 280 g/mol. The van der Waals surface area contributed by atoms with Crippen LogP contribution in [-0.4, -0.2) is 48.1 Å². The van der Waals surface area contributed by atoms with E-state index in [-0.39, 0.29) is 0 Å². The minimum atomic E-state index is 0.429. The number of aromatic nitrogens is 1. The van der Waals surface area contributed by atoms with Crippen molar-refractivity contribution in [2.75, 3.05) is 31.1 Å². The molecular weight excluding hydrogens is 256 g/mol. The van der Waals surface area contributed by atoms with Gasteiger partial charge >= 0.3 is 0 Å². The second-order valence-electron chi connectivity index (χ2n) is 5.90. The third-order valence-electron chi connectivity index (χ3n) is 4.54. The van der Waals surface area contributed by atoms with E-state index in [0.717, 1.165) is 25.9 Å².